The third kappa shape index (κ3) is 4.23. The van der Waals surface area contributed by atoms with E-state index in [-0.39, 0.29) is 11.8 Å². The highest BCUT2D eigenvalue weighted by atomic mass is 32.1. The van der Waals surface area contributed by atoms with E-state index in [2.05, 4.69) is 16.1 Å². The summed E-state index contributed by atoms with van der Waals surface area (Å²) >= 11 is 1.61. The van der Waals surface area contributed by atoms with Gasteiger partial charge in [0.2, 0.25) is 5.91 Å². The van der Waals surface area contributed by atoms with Gasteiger partial charge in [0.15, 0.2) is 0 Å². The van der Waals surface area contributed by atoms with Crippen molar-refractivity contribution < 1.29 is 4.79 Å². The molecule has 0 N–H and O–H groups in total. The van der Waals surface area contributed by atoms with E-state index < -0.39 is 0 Å². The van der Waals surface area contributed by atoms with Crippen LogP contribution in [-0.2, 0) is 24.9 Å². The van der Waals surface area contributed by atoms with Crippen LogP contribution < -0.4 is 0 Å². The maximum absolute atomic E-state index is 13.1. The summed E-state index contributed by atoms with van der Waals surface area (Å²) in [5.41, 5.74) is 2.06. The molecule has 2 aromatic heterocycles. The minimum atomic E-state index is 0.164. The van der Waals surface area contributed by atoms with Crippen molar-refractivity contribution in [1.82, 2.24) is 19.7 Å². The second kappa shape index (κ2) is 7.92. The van der Waals surface area contributed by atoms with E-state index in [4.69, 9.17) is 0 Å². The van der Waals surface area contributed by atoms with Gasteiger partial charge in [0, 0.05) is 30.2 Å². The highest BCUT2D eigenvalue weighted by molar-refractivity contribution is 7.09. The lowest BCUT2D eigenvalue weighted by Crippen LogP contribution is -2.35. The summed E-state index contributed by atoms with van der Waals surface area (Å²) in [7, 11) is 1.94. The minimum absolute atomic E-state index is 0.164. The number of carbonyl (C=O) groups excluding carboxylic acids is 1. The van der Waals surface area contributed by atoms with Gasteiger partial charge in [0.1, 0.15) is 5.01 Å². The molecule has 1 aliphatic rings. The maximum atomic E-state index is 13.1. The number of aryl methyl sites for hydroxylation is 2. The van der Waals surface area contributed by atoms with Crippen LogP contribution in [0.4, 0.5) is 0 Å². The summed E-state index contributed by atoms with van der Waals surface area (Å²) in [6.07, 6.45) is 8.71. The van der Waals surface area contributed by atoms with Crippen LogP contribution in [-0.4, -0.2) is 25.6 Å². The first-order valence-corrected chi connectivity index (χ1v) is 9.68. The van der Waals surface area contributed by atoms with Gasteiger partial charge in [-0.3, -0.25) is 9.48 Å². The zero-order valence-corrected chi connectivity index (χ0v) is 15.4. The normalized spacial score (nSPS) is 16.1. The lowest BCUT2D eigenvalue weighted by Gasteiger charge is -2.25. The van der Waals surface area contributed by atoms with Gasteiger partial charge in [-0.05, 0) is 25.8 Å². The molecule has 6 heteroatoms. The topological polar surface area (TPSA) is 51.0 Å². The van der Waals surface area contributed by atoms with Crippen LogP contribution in [0.2, 0.25) is 0 Å². The molecular formula is C18H26N4OS. The van der Waals surface area contributed by atoms with Crippen molar-refractivity contribution in [2.45, 2.75) is 58.5 Å². The van der Waals surface area contributed by atoms with E-state index in [0.717, 1.165) is 29.2 Å². The van der Waals surface area contributed by atoms with E-state index in [0.29, 0.717) is 13.1 Å². The maximum Gasteiger partial charge on any atom is 0.226 e. The monoisotopic (exact) mass is 346 g/mol. The first-order valence-electron chi connectivity index (χ1n) is 8.80. The molecule has 0 unspecified atom stereocenters. The van der Waals surface area contributed by atoms with Gasteiger partial charge in [-0.15, -0.1) is 11.3 Å². The van der Waals surface area contributed by atoms with Crippen molar-refractivity contribution in [2.24, 2.45) is 13.0 Å². The Hall–Kier alpha value is -1.69. The zero-order valence-electron chi connectivity index (χ0n) is 14.6. The van der Waals surface area contributed by atoms with Gasteiger partial charge < -0.3 is 4.90 Å². The highest BCUT2D eigenvalue weighted by Gasteiger charge is 2.26. The van der Waals surface area contributed by atoms with Gasteiger partial charge in [0.25, 0.3) is 0 Å². The average molecular weight is 347 g/mol. The quantitative estimate of drug-likeness (QED) is 0.776. The molecule has 0 radical (unpaired) electrons. The summed E-state index contributed by atoms with van der Waals surface area (Å²) in [6.45, 7) is 3.19. The molecule has 2 heterocycles. The lowest BCUT2D eigenvalue weighted by atomic mass is 9.98. The Morgan fingerprint density at radius 3 is 2.62 bits per heavy atom. The number of carbonyl (C=O) groups is 1. The van der Waals surface area contributed by atoms with Crippen LogP contribution in [0.15, 0.2) is 17.6 Å². The largest absolute Gasteiger partial charge is 0.330 e. The number of hydrogen-bond acceptors (Lipinski definition) is 4. The number of nitrogens with zero attached hydrogens (tertiary/aromatic N) is 4. The molecule has 0 aliphatic heterocycles. The Labute approximate surface area is 147 Å². The van der Waals surface area contributed by atoms with Gasteiger partial charge >= 0.3 is 0 Å². The molecule has 2 aromatic rings. The van der Waals surface area contributed by atoms with Crippen LogP contribution in [0.25, 0.3) is 0 Å². The predicted molar refractivity (Wildman–Crippen MR) is 95.5 cm³/mol. The Bertz CT molecular complexity index is 637. The SMILES string of the molecule is Cc1cc(CN(Cc2nccs2)C(=O)C2CCCCCC2)nn1C. The molecule has 1 aliphatic carbocycles. The van der Waals surface area contributed by atoms with Crippen LogP contribution in [0, 0.1) is 12.8 Å². The van der Waals surface area contributed by atoms with Crippen LogP contribution in [0.3, 0.4) is 0 Å². The molecule has 0 aromatic carbocycles. The molecule has 1 fully saturated rings. The Kier molecular flexibility index (Phi) is 5.66. The Morgan fingerprint density at radius 1 is 1.29 bits per heavy atom. The molecule has 1 saturated carbocycles. The fraction of sp³-hybridized carbons (Fsp3) is 0.611. The first-order chi connectivity index (χ1) is 11.6. The molecule has 0 saturated heterocycles. The number of amides is 1. The molecule has 5 nitrogen and oxygen atoms in total. The van der Waals surface area contributed by atoms with E-state index in [1.807, 2.05) is 28.9 Å². The number of hydrogen-bond donors (Lipinski definition) is 0. The predicted octanol–water partition coefficient (Wildman–Crippen LogP) is 3.68. The van der Waals surface area contributed by atoms with Crippen molar-refractivity contribution in [3.63, 3.8) is 0 Å². The summed E-state index contributed by atoms with van der Waals surface area (Å²) in [4.78, 5) is 19.5. The van der Waals surface area contributed by atoms with Gasteiger partial charge in [0.05, 0.1) is 18.8 Å². The van der Waals surface area contributed by atoms with Crippen LogP contribution >= 0.6 is 11.3 Å². The summed E-state index contributed by atoms with van der Waals surface area (Å²) in [5, 5.41) is 7.49. The molecule has 0 atom stereocenters. The summed E-state index contributed by atoms with van der Waals surface area (Å²) < 4.78 is 1.87. The third-order valence-corrected chi connectivity index (χ3v) is 5.61. The minimum Gasteiger partial charge on any atom is -0.330 e. The second-order valence-corrected chi connectivity index (χ2v) is 7.69. The van der Waals surface area contributed by atoms with E-state index in [1.165, 1.54) is 25.7 Å². The van der Waals surface area contributed by atoms with Crippen LogP contribution in [0.5, 0.6) is 0 Å². The Morgan fingerprint density at radius 2 is 2.04 bits per heavy atom. The summed E-state index contributed by atoms with van der Waals surface area (Å²) in [6, 6.07) is 2.06. The number of aromatic nitrogens is 3. The average Bonchev–Trinajstić information content (AvgIpc) is 3.07. The van der Waals surface area contributed by atoms with E-state index in [9.17, 15) is 4.79 Å². The molecule has 130 valence electrons. The van der Waals surface area contributed by atoms with E-state index in [1.54, 1.807) is 17.5 Å². The molecule has 3 rings (SSSR count). The van der Waals surface area contributed by atoms with Crippen molar-refractivity contribution >= 4 is 17.2 Å². The van der Waals surface area contributed by atoms with E-state index >= 15 is 0 Å². The van der Waals surface area contributed by atoms with Crippen molar-refractivity contribution in [3.8, 4) is 0 Å². The first kappa shape index (κ1) is 17.1. The smallest absolute Gasteiger partial charge is 0.226 e. The highest BCUT2D eigenvalue weighted by Crippen LogP contribution is 2.26. The standard InChI is InChI=1S/C18H26N4OS/c1-14-11-16(20-21(14)2)12-22(13-17-19-9-10-24-17)18(23)15-7-5-3-4-6-8-15/h9-11,15H,3-8,12-13H2,1-2H3. The van der Waals surface area contributed by atoms with Crippen molar-refractivity contribution in [2.75, 3.05) is 0 Å². The molecule has 24 heavy (non-hydrogen) atoms. The fourth-order valence-electron chi connectivity index (χ4n) is 3.40. The molecule has 0 spiro atoms. The van der Waals surface area contributed by atoms with Gasteiger partial charge in [-0.1, -0.05) is 25.7 Å². The summed E-state index contributed by atoms with van der Waals surface area (Å²) in [5.74, 6) is 0.438. The molecular weight excluding hydrogens is 320 g/mol. The van der Waals surface area contributed by atoms with Gasteiger partial charge in [-0.2, -0.15) is 5.10 Å². The number of rotatable bonds is 5. The number of thiazole rings is 1. The van der Waals surface area contributed by atoms with Crippen molar-refractivity contribution in [1.29, 1.82) is 0 Å². The lowest BCUT2D eigenvalue weighted by molar-refractivity contribution is -0.137. The molecule has 1 amide bonds. The van der Waals surface area contributed by atoms with Crippen molar-refractivity contribution in [3.05, 3.63) is 34.0 Å². The van der Waals surface area contributed by atoms with Crippen LogP contribution in [0.1, 0.15) is 54.9 Å². The molecule has 0 bridgehead atoms. The third-order valence-electron chi connectivity index (χ3n) is 4.84. The Balaban J connectivity index is 1.76. The zero-order chi connectivity index (χ0) is 16.9. The fourth-order valence-corrected chi connectivity index (χ4v) is 4.03. The second-order valence-electron chi connectivity index (χ2n) is 6.71. The van der Waals surface area contributed by atoms with Gasteiger partial charge in [-0.25, -0.2) is 4.98 Å².